The van der Waals surface area contributed by atoms with E-state index in [0.29, 0.717) is 22.4 Å². The second-order valence-electron chi connectivity index (χ2n) is 2.38. The SMILES string of the molecule is C=C(Br)COc1cc(Cl)ccc1Cl. The van der Waals surface area contributed by atoms with Crippen LogP contribution in [0.25, 0.3) is 0 Å². The number of rotatable bonds is 3. The van der Waals surface area contributed by atoms with Crippen molar-refractivity contribution in [2.24, 2.45) is 0 Å². The molecule has 0 saturated heterocycles. The van der Waals surface area contributed by atoms with E-state index in [4.69, 9.17) is 27.9 Å². The summed E-state index contributed by atoms with van der Waals surface area (Å²) in [5, 5.41) is 1.14. The van der Waals surface area contributed by atoms with Crippen molar-refractivity contribution in [2.45, 2.75) is 0 Å². The van der Waals surface area contributed by atoms with E-state index in [1.54, 1.807) is 18.2 Å². The third-order valence-corrected chi connectivity index (χ3v) is 2.05. The van der Waals surface area contributed by atoms with E-state index in [-0.39, 0.29) is 0 Å². The number of halogens is 3. The molecule has 0 amide bonds. The summed E-state index contributed by atoms with van der Waals surface area (Å²) in [5.74, 6) is 0.565. The van der Waals surface area contributed by atoms with Gasteiger partial charge in [0.15, 0.2) is 0 Å². The highest BCUT2D eigenvalue weighted by atomic mass is 79.9. The molecule has 1 aromatic rings. The number of benzene rings is 1. The van der Waals surface area contributed by atoms with Gasteiger partial charge in [-0.15, -0.1) is 0 Å². The third kappa shape index (κ3) is 3.59. The summed E-state index contributed by atoms with van der Waals surface area (Å²) in [7, 11) is 0. The average Bonchev–Trinajstić information content (AvgIpc) is 2.06. The Morgan fingerprint density at radius 3 is 2.77 bits per heavy atom. The van der Waals surface area contributed by atoms with Crippen LogP contribution in [0.4, 0.5) is 0 Å². The summed E-state index contributed by atoms with van der Waals surface area (Å²) in [4.78, 5) is 0. The van der Waals surface area contributed by atoms with Crippen molar-refractivity contribution >= 4 is 39.1 Å². The Bertz CT molecular complexity index is 325. The van der Waals surface area contributed by atoms with Gasteiger partial charge in [-0.25, -0.2) is 0 Å². The van der Waals surface area contributed by atoms with E-state index in [0.717, 1.165) is 4.48 Å². The van der Waals surface area contributed by atoms with E-state index in [1.165, 1.54) is 0 Å². The summed E-state index contributed by atoms with van der Waals surface area (Å²) in [6.07, 6.45) is 0. The van der Waals surface area contributed by atoms with Crippen LogP contribution in [0.5, 0.6) is 5.75 Å². The highest BCUT2D eigenvalue weighted by Gasteiger charge is 2.02. The van der Waals surface area contributed by atoms with Crippen LogP contribution in [-0.4, -0.2) is 6.61 Å². The van der Waals surface area contributed by atoms with Gasteiger partial charge in [0.05, 0.1) is 5.02 Å². The monoisotopic (exact) mass is 280 g/mol. The van der Waals surface area contributed by atoms with Crippen LogP contribution < -0.4 is 4.74 Å². The molecule has 0 aliphatic rings. The molecule has 0 saturated carbocycles. The molecule has 0 aliphatic heterocycles. The van der Waals surface area contributed by atoms with Gasteiger partial charge >= 0.3 is 0 Å². The van der Waals surface area contributed by atoms with E-state index in [9.17, 15) is 0 Å². The maximum Gasteiger partial charge on any atom is 0.139 e. The van der Waals surface area contributed by atoms with Crippen LogP contribution in [0, 0.1) is 0 Å². The summed E-state index contributed by atoms with van der Waals surface area (Å²) in [6.45, 7) is 4.01. The van der Waals surface area contributed by atoms with E-state index < -0.39 is 0 Å². The van der Waals surface area contributed by atoms with Crippen molar-refractivity contribution in [3.05, 3.63) is 39.3 Å². The van der Waals surface area contributed by atoms with Crippen LogP contribution in [0.2, 0.25) is 10.0 Å². The molecule has 1 rings (SSSR count). The minimum absolute atomic E-state index is 0.375. The molecule has 0 fully saturated rings. The van der Waals surface area contributed by atoms with Gasteiger partial charge in [0.2, 0.25) is 0 Å². The Balaban J connectivity index is 2.75. The topological polar surface area (TPSA) is 9.23 Å². The van der Waals surface area contributed by atoms with Crippen molar-refractivity contribution in [3.8, 4) is 5.75 Å². The van der Waals surface area contributed by atoms with Crippen LogP contribution in [0.3, 0.4) is 0 Å². The molecule has 0 unspecified atom stereocenters. The fraction of sp³-hybridized carbons (Fsp3) is 0.111. The van der Waals surface area contributed by atoms with Gasteiger partial charge in [0.1, 0.15) is 12.4 Å². The molecule has 4 heteroatoms. The maximum atomic E-state index is 5.85. The Labute approximate surface area is 95.4 Å². The zero-order valence-electron chi connectivity index (χ0n) is 6.69. The van der Waals surface area contributed by atoms with Gasteiger partial charge in [-0.2, -0.15) is 0 Å². The number of ether oxygens (including phenoxy) is 1. The van der Waals surface area contributed by atoms with Crippen LogP contribution in [-0.2, 0) is 0 Å². The lowest BCUT2D eigenvalue weighted by Gasteiger charge is -2.06. The van der Waals surface area contributed by atoms with Gasteiger partial charge in [-0.3, -0.25) is 0 Å². The van der Waals surface area contributed by atoms with Gasteiger partial charge in [0, 0.05) is 15.6 Å². The Morgan fingerprint density at radius 1 is 1.46 bits per heavy atom. The fourth-order valence-corrected chi connectivity index (χ4v) is 1.19. The predicted molar refractivity (Wildman–Crippen MR) is 60.0 cm³/mol. The van der Waals surface area contributed by atoms with Crippen LogP contribution in [0.15, 0.2) is 29.3 Å². The van der Waals surface area contributed by atoms with Crippen molar-refractivity contribution < 1.29 is 4.74 Å². The first-order valence-corrected chi connectivity index (χ1v) is 5.05. The lowest BCUT2D eigenvalue weighted by atomic mass is 10.3. The van der Waals surface area contributed by atoms with E-state index in [2.05, 4.69) is 22.5 Å². The van der Waals surface area contributed by atoms with Crippen molar-refractivity contribution in [1.29, 1.82) is 0 Å². The first-order valence-electron chi connectivity index (χ1n) is 3.50. The number of hydrogen-bond acceptors (Lipinski definition) is 1. The van der Waals surface area contributed by atoms with Crippen molar-refractivity contribution in [2.75, 3.05) is 6.61 Å². The smallest absolute Gasteiger partial charge is 0.139 e. The first-order chi connectivity index (χ1) is 6.09. The first kappa shape index (κ1) is 10.9. The molecule has 70 valence electrons. The normalized spacial score (nSPS) is 9.77. The molecule has 0 spiro atoms. The molecular weight excluding hydrogens is 275 g/mol. The molecule has 0 atom stereocenters. The fourth-order valence-electron chi connectivity index (χ4n) is 0.744. The molecule has 1 aromatic carbocycles. The largest absolute Gasteiger partial charge is 0.487 e. The molecule has 0 radical (unpaired) electrons. The third-order valence-electron chi connectivity index (χ3n) is 1.28. The summed E-state index contributed by atoms with van der Waals surface area (Å²) < 4.78 is 6.07. The quantitative estimate of drug-likeness (QED) is 0.804. The van der Waals surface area contributed by atoms with Crippen LogP contribution in [0.1, 0.15) is 0 Å². The molecular formula is C9H7BrCl2O. The Morgan fingerprint density at radius 2 is 2.15 bits per heavy atom. The second kappa shape index (κ2) is 4.89. The Hall–Kier alpha value is -0.180. The molecule has 13 heavy (non-hydrogen) atoms. The van der Waals surface area contributed by atoms with Crippen LogP contribution >= 0.6 is 39.1 Å². The van der Waals surface area contributed by atoms with Gasteiger partial charge in [-0.05, 0) is 12.1 Å². The van der Waals surface area contributed by atoms with Crippen molar-refractivity contribution in [1.82, 2.24) is 0 Å². The zero-order valence-corrected chi connectivity index (χ0v) is 9.79. The standard InChI is InChI=1S/C9H7BrCl2O/c1-6(10)5-13-9-4-7(11)2-3-8(9)12/h2-4H,1,5H2. The minimum atomic E-state index is 0.375. The van der Waals surface area contributed by atoms with Gasteiger partial charge in [-0.1, -0.05) is 45.7 Å². The van der Waals surface area contributed by atoms with Gasteiger partial charge < -0.3 is 4.74 Å². The average molecular weight is 282 g/mol. The molecule has 0 aliphatic carbocycles. The van der Waals surface area contributed by atoms with Gasteiger partial charge in [0.25, 0.3) is 0 Å². The Kier molecular flexibility index (Phi) is 4.10. The molecule has 0 bridgehead atoms. The summed E-state index contributed by atoms with van der Waals surface area (Å²) in [6, 6.07) is 5.07. The highest BCUT2D eigenvalue weighted by molar-refractivity contribution is 9.11. The lowest BCUT2D eigenvalue weighted by molar-refractivity contribution is 0.361. The predicted octanol–water partition coefficient (Wildman–Crippen LogP) is 4.28. The molecule has 0 N–H and O–H groups in total. The maximum absolute atomic E-state index is 5.85. The van der Waals surface area contributed by atoms with E-state index in [1.807, 2.05) is 0 Å². The second-order valence-corrected chi connectivity index (χ2v) is 4.35. The lowest BCUT2D eigenvalue weighted by Crippen LogP contribution is -1.96. The number of hydrogen-bond donors (Lipinski definition) is 0. The molecule has 1 nitrogen and oxygen atoms in total. The van der Waals surface area contributed by atoms with Crippen molar-refractivity contribution in [3.63, 3.8) is 0 Å². The minimum Gasteiger partial charge on any atom is -0.487 e. The highest BCUT2D eigenvalue weighted by Crippen LogP contribution is 2.28. The van der Waals surface area contributed by atoms with E-state index >= 15 is 0 Å². The summed E-state index contributed by atoms with van der Waals surface area (Å²) in [5.41, 5.74) is 0. The molecule has 0 aromatic heterocycles. The molecule has 0 heterocycles. The zero-order chi connectivity index (χ0) is 9.84. The summed E-state index contributed by atoms with van der Waals surface area (Å²) >= 11 is 14.8.